The van der Waals surface area contributed by atoms with Crippen molar-refractivity contribution in [2.75, 3.05) is 18.9 Å². The highest BCUT2D eigenvalue weighted by Gasteiger charge is 2.23. The maximum atomic E-state index is 11.2. The zero-order valence-electron chi connectivity index (χ0n) is 12.6. The number of benzene rings is 1. The molecule has 0 bridgehead atoms. The number of aromatic nitrogens is 1. The molecule has 2 heterocycles. The highest BCUT2D eigenvalue weighted by molar-refractivity contribution is 5.93. The summed E-state index contributed by atoms with van der Waals surface area (Å²) in [4.78, 5) is 18.3. The molecule has 1 aromatic carbocycles. The number of pyridine rings is 1. The standard InChI is InChI=1S/C17H20N4O/c1-21-10-4-8-15(21)14-7-3-9-16(20-14)19-13-6-2-5-12(11-13)17(18)22/h2-3,5-7,9,11,15H,4,8,10H2,1H3,(H2,18,22)(H,19,20)/t15-/m1/s1. The quantitative estimate of drug-likeness (QED) is 0.910. The van der Waals surface area contributed by atoms with Crippen molar-refractivity contribution in [1.82, 2.24) is 9.88 Å². The molecule has 5 nitrogen and oxygen atoms in total. The van der Waals surface area contributed by atoms with Crippen LogP contribution in [0.3, 0.4) is 0 Å². The Morgan fingerprint density at radius 1 is 1.32 bits per heavy atom. The largest absolute Gasteiger partial charge is 0.366 e. The van der Waals surface area contributed by atoms with E-state index in [-0.39, 0.29) is 0 Å². The van der Waals surface area contributed by atoms with E-state index in [2.05, 4.69) is 23.3 Å². The van der Waals surface area contributed by atoms with Gasteiger partial charge in [-0.2, -0.15) is 0 Å². The first kappa shape index (κ1) is 14.5. The summed E-state index contributed by atoms with van der Waals surface area (Å²) in [6, 6.07) is 13.5. The van der Waals surface area contributed by atoms with Gasteiger partial charge in [0, 0.05) is 11.3 Å². The first-order chi connectivity index (χ1) is 10.6. The topological polar surface area (TPSA) is 71.2 Å². The Balaban J connectivity index is 1.81. The predicted molar refractivity (Wildman–Crippen MR) is 87.1 cm³/mol. The van der Waals surface area contributed by atoms with Gasteiger partial charge < -0.3 is 11.1 Å². The van der Waals surface area contributed by atoms with Gasteiger partial charge in [-0.3, -0.25) is 9.69 Å². The summed E-state index contributed by atoms with van der Waals surface area (Å²) < 4.78 is 0. The summed E-state index contributed by atoms with van der Waals surface area (Å²) in [5, 5.41) is 3.24. The zero-order chi connectivity index (χ0) is 15.5. The Labute approximate surface area is 130 Å². The molecule has 1 atom stereocenters. The average molecular weight is 296 g/mol. The summed E-state index contributed by atoms with van der Waals surface area (Å²) in [7, 11) is 2.13. The number of carbonyl (C=O) groups excluding carboxylic acids is 1. The fourth-order valence-corrected chi connectivity index (χ4v) is 2.89. The normalized spacial score (nSPS) is 18.3. The molecule has 1 fully saturated rings. The summed E-state index contributed by atoms with van der Waals surface area (Å²) in [5.74, 6) is 0.345. The fraction of sp³-hybridized carbons (Fsp3) is 0.294. The molecule has 3 N–H and O–H groups in total. The van der Waals surface area contributed by atoms with Gasteiger partial charge in [0.15, 0.2) is 0 Å². The number of hydrogen-bond donors (Lipinski definition) is 2. The molecule has 22 heavy (non-hydrogen) atoms. The van der Waals surface area contributed by atoms with Gasteiger partial charge in [0.2, 0.25) is 5.91 Å². The predicted octanol–water partition coefficient (Wildman–Crippen LogP) is 2.69. The SMILES string of the molecule is CN1CCC[C@@H]1c1cccc(Nc2cccc(C(N)=O)c2)n1. The minimum Gasteiger partial charge on any atom is -0.366 e. The molecule has 5 heteroatoms. The number of carbonyl (C=O) groups is 1. The lowest BCUT2D eigenvalue weighted by molar-refractivity contribution is 0.100. The molecule has 0 saturated carbocycles. The van der Waals surface area contributed by atoms with Gasteiger partial charge in [-0.25, -0.2) is 4.98 Å². The van der Waals surface area contributed by atoms with E-state index in [9.17, 15) is 4.79 Å². The fourth-order valence-electron chi connectivity index (χ4n) is 2.89. The number of likely N-dealkylation sites (tertiary alicyclic amines) is 1. The van der Waals surface area contributed by atoms with E-state index in [1.807, 2.05) is 18.2 Å². The lowest BCUT2D eigenvalue weighted by Gasteiger charge is -2.19. The van der Waals surface area contributed by atoms with Gasteiger partial charge >= 0.3 is 0 Å². The van der Waals surface area contributed by atoms with Crippen molar-refractivity contribution in [2.45, 2.75) is 18.9 Å². The Morgan fingerprint density at radius 2 is 2.14 bits per heavy atom. The Bertz CT molecular complexity index is 686. The van der Waals surface area contributed by atoms with E-state index >= 15 is 0 Å². The van der Waals surface area contributed by atoms with Crippen LogP contribution in [0.5, 0.6) is 0 Å². The van der Waals surface area contributed by atoms with Crippen LogP contribution in [0.4, 0.5) is 11.5 Å². The van der Waals surface area contributed by atoms with Crippen LogP contribution in [0.1, 0.15) is 34.9 Å². The number of rotatable bonds is 4. The van der Waals surface area contributed by atoms with Crippen LogP contribution in [0.25, 0.3) is 0 Å². The molecule has 0 radical (unpaired) electrons. The summed E-state index contributed by atoms with van der Waals surface area (Å²) in [6.07, 6.45) is 2.35. The molecular formula is C17H20N4O. The first-order valence-corrected chi connectivity index (χ1v) is 7.47. The summed E-state index contributed by atoms with van der Waals surface area (Å²) >= 11 is 0. The van der Waals surface area contributed by atoms with Gasteiger partial charge in [0.25, 0.3) is 0 Å². The van der Waals surface area contributed by atoms with Gasteiger partial charge in [-0.15, -0.1) is 0 Å². The van der Waals surface area contributed by atoms with Crippen molar-refractivity contribution in [3.8, 4) is 0 Å². The maximum absolute atomic E-state index is 11.2. The molecule has 2 aromatic rings. The van der Waals surface area contributed by atoms with Crippen LogP contribution < -0.4 is 11.1 Å². The molecule has 1 aliphatic rings. The molecule has 3 rings (SSSR count). The van der Waals surface area contributed by atoms with Gasteiger partial charge in [0.1, 0.15) is 5.82 Å². The van der Waals surface area contributed by atoms with E-state index in [0.717, 1.165) is 30.2 Å². The molecular weight excluding hydrogens is 276 g/mol. The van der Waals surface area contributed by atoms with Crippen molar-refractivity contribution in [2.24, 2.45) is 5.73 Å². The van der Waals surface area contributed by atoms with Gasteiger partial charge in [0.05, 0.1) is 11.7 Å². The second-order valence-electron chi connectivity index (χ2n) is 5.66. The van der Waals surface area contributed by atoms with Gasteiger partial charge in [-0.1, -0.05) is 12.1 Å². The number of primary amides is 1. The van der Waals surface area contributed by atoms with Crippen molar-refractivity contribution >= 4 is 17.4 Å². The monoisotopic (exact) mass is 296 g/mol. The number of nitrogens with two attached hydrogens (primary N) is 1. The smallest absolute Gasteiger partial charge is 0.248 e. The number of hydrogen-bond acceptors (Lipinski definition) is 4. The van der Waals surface area contributed by atoms with Crippen LogP contribution in [0.2, 0.25) is 0 Å². The summed E-state index contributed by atoms with van der Waals surface area (Å²) in [5.41, 5.74) is 7.68. The van der Waals surface area contributed by atoms with E-state index in [0.29, 0.717) is 11.6 Å². The van der Waals surface area contributed by atoms with Crippen molar-refractivity contribution in [3.05, 3.63) is 53.7 Å². The Hall–Kier alpha value is -2.40. The molecule has 1 aliphatic heterocycles. The third-order valence-corrected chi connectivity index (χ3v) is 4.05. The highest BCUT2D eigenvalue weighted by Crippen LogP contribution is 2.29. The van der Waals surface area contributed by atoms with E-state index in [1.165, 1.54) is 6.42 Å². The average Bonchev–Trinajstić information content (AvgIpc) is 2.94. The number of anilines is 2. The lowest BCUT2D eigenvalue weighted by Crippen LogP contribution is -2.18. The van der Waals surface area contributed by atoms with Crippen molar-refractivity contribution < 1.29 is 4.79 Å². The van der Waals surface area contributed by atoms with Crippen LogP contribution in [0.15, 0.2) is 42.5 Å². The molecule has 114 valence electrons. The second-order valence-corrected chi connectivity index (χ2v) is 5.66. The van der Waals surface area contributed by atoms with E-state index in [4.69, 9.17) is 10.7 Å². The van der Waals surface area contributed by atoms with Crippen LogP contribution in [-0.4, -0.2) is 29.4 Å². The van der Waals surface area contributed by atoms with Crippen molar-refractivity contribution in [1.29, 1.82) is 0 Å². The molecule has 1 aromatic heterocycles. The van der Waals surface area contributed by atoms with Gasteiger partial charge in [-0.05, 0) is 56.8 Å². The number of amides is 1. The molecule has 0 aliphatic carbocycles. The Morgan fingerprint density at radius 3 is 2.86 bits per heavy atom. The van der Waals surface area contributed by atoms with E-state index in [1.54, 1.807) is 18.2 Å². The van der Waals surface area contributed by atoms with Crippen LogP contribution >= 0.6 is 0 Å². The lowest BCUT2D eigenvalue weighted by atomic mass is 10.1. The molecule has 0 unspecified atom stereocenters. The molecule has 0 spiro atoms. The molecule has 1 amide bonds. The first-order valence-electron chi connectivity index (χ1n) is 7.47. The third kappa shape index (κ3) is 3.09. The van der Waals surface area contributed by atoms with E-state index < -0.39 is 5.91 Å². The third-order valence-electron chi connectivity index (χ3n) is 4.05. The van der Waals surface area contributed by atoms with Crippen LogP contribution in [-0.2, 0) is 0 Å². The number of nitrogens with one attached hydrogen (secondary N) is 1. The second kappa shape index (κ2) is 6.15. The highest BCUT2D eigenvalue weighted by atomic mass is 16.1. The number of nitrogens with zero attached hydrogens (tertiary/aromatic N) is 2. The van der Waals surface area contributed by atoms with Crippen molar-refractivity contribution in [3.63, 3.8) is 0 Å². The minimum atomic E-state index is -0.432. The summed E-state index contributed by atoms with van der Waals surface area (Å²) in [6.45, 7) is 1.12. The van der Waals surface area contributed by atoms with Crippen LogP contribution in [0, 0.1) is 0 Å². The minimum absolute atomic E-state index is 0.388. The molecule has 1 saturated heterocycles. The zero-order valence-corrected chi connectivity index (χ0v) is 12.6. The maximum Gasteiger partial charge on any atom is 0.248 e. The Kier molecular flexibility index (Phi) is 4.06.